The Kier molecular flexibility index (Phi) is 10.6. The molecule has 0 aliphatic carbocycles. The number of para-hydroxylation sites is 1. The van der Waals surface area contributed by atoms with Crippen molar-refractivity contribution >= 4 is 37.0 Å². The molecule has 18 nitrogen and oxygen atoms in total. The first-order valence-electron chi connectivity index (χ1n) is 16.1. The van der Waals surface area contributed by atoms with Crippen LogP contribution in [-0.4, -0.2) is 95.5 Å². The van der Waals surface area contributed by atoms with Crippen LogP contribution in [0.1, 0.15) is 32.6 Å². The molecule has 0 bridgehead atoms. The lowest BCUT2D eigenvalue weighted by molar-refractivity contribution is -0.188. The van der Waals surface area contributed by atoms with Crippen molar-refractivity contribution in [1.29, 1.82) is 5.26 Å². The van der Waals surface area contributed by atoms with E-state index in [1.807, 2.05) is 6.07 Å². The fourth-order valence-corrected chi connectivity index (χ4v) is 6.96. The van der Waals surface area contributed by atoms with Gasteiger partial charge < -0.3 is 38.7 Å². The van der Waals surface area contributed by atoms with Gasteiger partial charge in [0, 0.05) is 0 Å². The maximum atomic E-state index is 14.4. The van der Waals surface area contributed by atoms with Crippen molar-refractivity contribution in [2.45, 2.75) is 56.8 Å². The predicted molar refractivity (Wildman–Crippen MR) is 172 cm³/mol. The van der Waals surface area contributed by atoms with Crippen LogP contribution in [0.4, 0.5) is 5.82 Å². The number of hydrogen-bond acceptors (Lipinski definition) is 16. The lowest BCUT2D eigenvalue weighted by Crippen LogP contribution is -2.52. The third kappa shape index (κ3) is 7.69. The molecule has 0 amide bonds. The number of nitrogen functional groups attached to an aromatic ring is 1. The van der Waals surface area contributed by atoms with E-state index in [1.54, 1.807) is 44.2 Å². The normalized spacial score (nSPS) is 25.2. The zero-order chi connectivity index (χ0) is 36.3. The van der Waals surface area contributed by atoms with Crippen molar-refractivity contribution in [2.24, 2.45) is 11.8 Å². The summed E-state index contributed by atoms with van der Waals surface area (Å²) in [7, 11) is -4.57. The second kappa shape index (κ2) is 14.9. The Bertz CT molecular complexity index is 1840. The lowest BCUT2D eigenvalue weighted by Gasteiger charge is -2.33. The number of benzene rings is 1. The highest BCUT2D eigenvalue weighted by Crippen LogP contribution is 2.50. The summed E-state index contributed by atoms with van der Waals surface area (Å²) in [6.45, 7) is 4.18. The Morgan fingerprint density at radius 3 is 2.33 bits per heavy atom. The number of ether oxygens (including phenoxy) is 6. The second-order valence-corrected chi connectivity index (χ2v) is 14.2. The molecule has 0 spiro atoms. The Hall–Kier alpha value is -4.63. The number of aromatic nitrogens is 3. The molecule has 6 atom stereocenters. The van der Waals surface area contributed by atoms with Gasteiger partial charge in [0.05, 0.1) is 38.2 Å². The van der Waals surface area contributed by atoms with Crippen molar-refractivity contribution in [3.8, 4) is 11.8 Å². The molecule has 0 saturated carbocycles. The molecular weight excluding hydrogens is 691 g/mol. The van der Waals surface area contributed by atoms with Crippen LogP contribution in [0.3, 0.4) is 0 Å². The molecule has 5 heterocycles. The van der Waals surface area contributed by atoms with E-state index >= 15 is 0 Å². The first-order chi connectivity index (χ1) is 24.4. The van der Waals surface area contributed by atoms with Gasteiger partial charge in [-0.1, -0.05) is 18.2 Å². The SMILES string of the molecule is CC(C)OC(=O)[C@H](C)NP(=O)(OC[C@@]1(C#N)O[C@@H](c2ccc3c(N)ncnn23)[C@H](OC(=O)C2COC2)[C@@H]1OC(=O)C1COC1)Oc1ccccc1. The zero-order valence-electron chi connectivity index (χ0n) is 27.9. The molecule has 19 heteroatoms. The van der Waals surface area contributed by atoms with Crippen LogP contribution in [0.25, 0.3) is 5.52 Å². The largest absolute Gasteiger partial charge is 0.462 e. The number of nitriles is 1. The van der Waals surface area contributed by atoms with Crippen LogP contribution in [0.2, 0.25) is 0 Å². The number of anilines is 1. The van der Waals surface area contributed by atoms with Crippen molar-refractivity contribution in [3.63, 3.8) is 0 Å². The van der Waals surface area contributed by atoms with E-state index in [0.717, 1.165) is 0 Å². The molecular formula is C32H37N6O12P. The molecule has 1 unspecified atom stereocenters. The van der Waals surface area contributed by atoms with Gasteiger partial charge >= 0.3 is 25.7 Å². The van der Waals surface area contributed by atoms with E-state index in [-0.39, 0.29) is 43.7 Å². The summed E-state index contributed by atoms with van der Waals surface area (Å²) in [6.07, 6.45) is -3.69. The summed E-state index contributed by atoms with van der Waals surface area (Å²) < 4.78 is 61.4. The van der Waals surface area contributed by atoms with E-state index in [0.29, 0.717) is 5.52 Å². The molecule has 51 heavy (non-hydrogen) atoms. The monoisotopic (exact) mass is 728 g/mol. The average molecular weight is 729 g/mol. The molecule has 3 saturated heterocycles. The summed E-state index contributed by atoms with van der Waals surface area (Å²) in [5, 5.41) is 17.7. The summed E-state index contributed by atoms with van der Waals surface area (Å²) in [4.78, 5) is 43.4. The quantitative estimate of drug-likeness (QED) is 0.137. The molecule has 3 aliphatic heterocycles. The van der Waals surface area contributed by atoms with E-state index in [4.69, 9.17) is 43.2 Å². The van der Waals surface area contributed by atoms with Crippen molar-refractivity contribution in [2.75, 3.05) is 38.8 Å². The standard InChI is InChI=1S/C32H37N6O12P/c1-18(2)46-29(39)19(3)37-51(42,50-22-7-5-4-6-8-22)45-16-32(15-33)27(48-31(41)21-13-44-14-21)26(47-30(40)20-11-43-12-20)25(49-32)23-9-10-24-28(34)35-17-36-38(23)24/h4-10,17-21,25-27H,11-14,16H2,1-3H3,(H,37,42)(H2,34,35,36)/t19-,25-,26-,27-,32+,51?/m0/s1. The van der Waals surface area contributed by atoms with Crippen LogP contribution >= 0.6 is 7.75 Å². The molecule has 3 N–H and O–H groups in total. The van der Waals surface area contributed by atoms with E-state index in [1.165, 1.54) is 29.9 Å². The number of nitrogens with two attached hydrogens (primary N) is 1. The molecule has 3 fully saturated rings. The van der Waals surface area contributed by atoms with Crippen LogP contribution in [0.5, 0.6) is 5.75 Å². The molecule has 3 aliphatic rings. The summed E-state index contributed by atoms with van der Waals surface area (Å²) in [5.74, 6) is -3.23. The molecule has 272 valence electrons. The minimum absolute atomic E-state index is 0.0731. The number of hydrogen-bond donors (Lipinski definition) is 2. The number of carbonyl (C=O) groups excluding carboxylic acids is 3. The number of esters is 3. The van der Waals surface area contributed by atoms with E-state index < -0.39 is 80.2 Å². The Morgan fingerprint density at radius 1 is 1.06 bits per heavy atom. The van der Waals surface area contributed by atoms with Crippen molar-refractivity contribution in [3.05, 3.63) is 54.5 Å². The molecule has 1 aromatic carbocycles. The minimum atomic E-state index is -4.57. The van der Waals surface area contributed by atoms with Crippen molar-refractivity contribution < 1.29 is 56.4 Å². The minimum Gasteiger partial charge on any atom is -0.462 e. The van der Waals surface area contributed by atoms with E-state index in [2.05, 4.69) is 15.2 Å². The molecule has 6 rings (SSSR count). The van der Waals surface area contributed by atoms with Gasteiger partial charge in [0.15, 0.2) is 18.0 Å². The van der Waals surface area contributed by atoms with E-state index in [9.17, 15) is 24.2 Å². The Morgan fingerprint density at radius 2 is 1.73 bits per heavy atom. The number of rotatable bonds is 14. The first-order valence-corrected chi connectivity index (χ1v) is 17.7. The van der Waals surface area contributed by atoms with Crippen LogP contribution in [0, 0.1) is 23.2 Å². The Labute approximate surface area is 291 Å². The average Bonchev–Trinajstić information content (AvgIpc) is 3.59. The van der Waals surface area contributed by atoms with Gasteiger partial charge in [0.2, 0.25) is 5.60 Å². The summed E-state index contributed by atoms with van der Waals surface area (Å²) in [5.41, 5.74) is 4.43. The summed E-state index contributed by atoms with van der Waals surface area (Å²) >= 11 is 0. The topological polar surface area (TPSA) is 234 Å². The van der Waals surface area contributed by atoms with Gasteiger partial charge in [-0.3, -0.25) is 18.9 Å². The number of fused-ring (bicyclic) bond motifs is 1. The maximum Gasteiger partial charge on any atom is 0.459 e. The van der Waals surface area contributed by atoms with Gasteiger partial charge in [-0.15, -0.1) is 0 Å². The van der Waals surface area contributed by atoms with Crippen LogP contribution < -0.4 is 15.3 Å². The highest BCUT2D eigenvalue weighted by molar-refractivity contribution is 7.52. The predicted octanol–water partition coefficient (Wildman–Crippen LogP) is 1.89. The van der Waals surface area contributed by atoms with Crippen LogP contribution in [-0.2, 0) is 51.9 Å². The number of nitrogens with one attached hydrogen (secondary N) is 1. The summed E-state index contributed by atoms with van der Waals surface area (Å²) in [6, 6.07) is 12.0. The Balaban J connectivity index is 1.38. The first kappa shape index (κ1) is 36.2. The maximum absolute atomic E-state index is 14.4. The van der Waals surface area contributed by atoms with Gasteiger partial charge in [-0.2, -0.15) is 15.4 Å². The fourth-order valence-electron chi connectivity index (χ4n) is 5.44. The second-order valence-electron chi connectivity index (χ2n) is 12.5. The fraction of sp³-hybridized carbons (Fsp3) is 0.500. The molecule has 3 aromatic rings. The highest BCUT2D eigenvalue weighted by atomic mass is 31.2. The lowest BCUT2D eigenvalue weighted by atomic mass is 9.95. The third-order valence-electron chi connectivity index (χ3n) is 8.30. The van der Waals surface area contributed by atoms with Gasteiger partial charge in [-0.25, -0.2) is 14.1 Å². The molecule has 2 aromatic heterocycles. The zero-order valence-corrected chi connectivity index (χ0v) is 28.8. The highest BCUT2D eigenvalue weighted by Gasteiger charge is 2.63. The smallest absolute Gasteiger partial charge is 0.459 e. The van der Waals surface area contributed by atoms with Gasteiger partial charge in [-0.05, 0) is 45.0 Å². The molecule has 0 radical (unpaired) electrons. The van der Waals surface area contributed by atoms with Crippen molar-refractivity contribution in [1.82, 2.24) is 19.7 Å². The number of carbonyl (C=O) groups is 3. The third-order valence-corrected chi connectivity index (χ3v) is 9.92. The van der Waals surface area contributed by atoms with Gasteiger partial charge in [0.25, 0.3) is 0 Å². The van der Waals surface area contributed by atoms with Gasteiger partial charge in [0.1, 0.15) is 54.3 Å². The number of nitrogens with zero attached hydrogens (tertiary/aromatic N) is 4. The van der Waals surface area contributed by atoms with Crippen LogP contribution in [0.15, 0.2) is 48.8 Å².